The highest BCUT2D eigenvalue weighted by Crippen LogP contribution is 2.39. The highest BCUT2D eigenvalue weighted by atomic mass is 79.9. The van der Waals surface area contributed by atoms with Gasteiger partial charge < -0.3 is 19.7 Å². The number of H-pyrrole nitrogens is 1. The second-order valence-corrected chi connectivity index (χ2v) is 5.43. The number of benzene rings is 1. The van der Waals surface area contributed by atoms with Crippen LogP contribution < -0.4 is 5.56 Å². The van der Waals surface area contributed by atoms with Crippen LogP contribution in [0.4, 0.5) is 5.69 Å². The molecule has 1 aromatic carbocycles. The smallest absolute Gasteiger partial charge is 0.315 e. The molecule has 122 valence electrons. The molecular formula is C13H7BrN4O6. The van der Waals surface area contributed by atoms with Crippen molar-refractivity contribution in [1.82, 2.24) is 15.1 Å². The van der Waals surface area contributed by atoms with Crippen LogP contribution in [0.15, 0.2) is 38.2 Å². The molecule has 3 rings (SSSR count). The van der Waals surface area contributed by atoms with E-state index in [1.165, 1.54) is 6.20 Å². The lowest BCUT2D eigenvalue weighted by Gasteiger charge is -2.01. The fourth-order valence-corrected chi connectivity index (χ4v) is 2.46. The van der Waals surface area contributed by atoms with Crippen molar-refractivity contribution in [1.29, 1.82) is 0 Å². The standard InChI is InChI=1S/C13H7BrN4O6/c14-6-1-2-15-12(21)9(6)11-16-13(24-17-11)5-3-7(18(22)23)10(20)8(19)4-5/h1-4,19-20H,(H,15,21). The number of phenols is 2. The van der Waals surface area contributed by atoms with Crippen molar-refractivity contribution >= 4 is 21.6 Å². The number of aromatic hydroxyl groups is 2. The van der Waals surface area contributed by atoms with Crippen LogP contribution in [-0.2, 0) is 0 Å². The van der Waals surface area contributed by atoms with Crippen LogP contribution in [0, 0.1) is 10.1 Å². The molecular weight excluding hydrogens is 388 g/mol. The van der Waals surface area contributed by atoms with Crippen LogP contribution in [0.1, 0.15) is 0 Å². The Hall–Kier alpha value is -3.21. The minimum atomic E-state index is -0.870. The Morgan fingerprint density at radius 1 is 1.33 bits per heavy atom. The maximum Gasteiger partial charge on any atom is 0.315 e. The molecule has 0 unspecified atom stereocenters. The minimum Gasteiger partial charge on any atom is -0.504 e. The monoisotopic (exact) mass is 394 g/mol. The number of aromatic amines is 1. The van der Waals surface area contributed by atoms with Gasteiger partial charge in [-0.05, 0) is 28.1 Å². The lowest BCUT2D eigenvalue weighted by atomic mass is 10.1. The second kappa shape index (κ2) is 5.77. The Balaban J connectivity index is 2.12. The molecule has 0 aliphatic heterocycles. The SMILES string of the molecule is O=c1[nH]ccc(Br)c1-c1noc(-c2cc(O)c(O)c([N+](=O)[O-])c2)n1. The average Bonchev–Trinajstić information content (AvgIpc) is 2.99. The Bertz CT molecular complexity index is 1010. The van der Waals surface area contributed by atoms with Gasteiger partial charge in [0, 0.05) is 16.7 Å². The molecule has 0 amide bonds. The largest absolute Gasteiger partial charge is 0.504 e. The van der Waals surface area contributed by atoms with E-state index >= 15 is 0 Å². The van der Waals surface area contributed by atoms with E-state index in [9.17, 15) is 25.1 Å². The Kier molecular flexibility index (Phi) is 3.77. The van der Waals surface area contributed by atoms with Gasteiger partial charge in [-0.3, -0.25) is 14.9 Å². The number of nitrogens with one attached hydrogen (secondary N) is 1. The third kappa shape index (κ3) is 2.60. The molecule has 2 aromatic heterocycles. The molecule has 0 saturated heterocycles. The van der Waals surface area contributed by atoms with E-state index in [1.807, 2.05) is 0 Å². The van der Waals surface area contributed by atoms with Gasteiger partial charge in [-0.25, -0.2) is 0 Å². The van der Waals surface area contributed by atoms with Crippen LogP contribution in [0.2, 0.25) is 0 Å². The van der Waals surface area contributed by atoms with Crippen molar-refractivity contribution in [2.24, 2.45) is 0 Å². The van der Waals surface area contributed by atoms with Gasteiger partial charge >= 0.3 is 5.69 Å². The number of rotatable bonds is 3. The first-order chi connectivity index (χ1) is 11.4. The number of nitro groups is 1. The first-order valence-corrected chi connectivity index (χ1v) is 7.09. The van der Waals surface area contributed by atoms with Crippen LogP contribution in [0.5, 0.6) is 11.5 Å². The van der Waals surface area contributed by atoms with E-state index in [1.54, 1.807) is 6.07 Å². The van der Waals surface area contributed by atoms with Crippen LogP contribution in [-0.4, -0.2) is 30.3 Å². The van der Waals surface area contributed by atoms with Crippen molar-refractivity contribution in [3.8, 4) is 34.3 Å². The normalized spacial score (nSPS) is 10.7. The molecule has 0 aliphatic carbocycles. The van der Waals surface area contributed by atoms with Gasteiger partial charge in [0.25, 0.3) is 11.4 Å². The molecule has 0 aliphatic rings. The third-order valence-electron chi connectivity index (χ3n) is 3.07. The number of aromatic nitrogens is 3. The van der Waals surface area contributed by atoms with E-state index in [-0.39, 0.29) is 22.8 Å². The van der Waals surface area contributed by atoms with Crippen molar-refractivity contribution in [2.75, 3.05) is 0 Å². The fourth-order valence-electron chi connectivity index (χ4n) is 1.97. The number of phenolic OH excluding ortho intramolecular Hbond substituents is 2. The predicted octanol–water partition coefficient (Wildman–Crippen LogP) is 2.17. The Morgan fingerprint density at radius 2 is 2.08 bits per heavy atom. The van der Waals surface area contributed by atoms with Gasteiger partial charge in [-0.1, -0.05) is 5.16 Å². The summed E-state index contributed by atoms with van der Waals surface area (Å²) in [6.45, 7) is 0. The van der Waals surface area contributed by atoms with Crippen molar-refractivity contribution < 1.29 is 19.7 Å². The van der Waals surface area contributed by atoms with Crippen LogP contribution >= 0.6 is 15.9 Å². The van der Waals surface area contributed by atoms with E-state index in [0.29, 0.717) is 4.47 Å². The summed E-state index contributed by atoms with van der Waals surface area (Å²) in [5, 5.41) is 33.6. The lowest BCUT2D eigenvalue weighted by Crippen LogP contribution is -2.09. The molecule has 0 spiro atoms. The van der Waals surface area contributed by atoms with Gasteiger partial charge in [0.2, 0.25) is 11.6 Å². The van der Waals surface area contributed by atoms with Gasteiger partial charge in [-0.15, -0.1) is 0 Å². The molecule has 10 nitrogen and oxygen atoms in total. The highest BCUT2D eigenvalue weighted by Gasteiger charge is 2.23. The molecule has 24 heavy (non-hydrogen) atoms. The van der Waals surface area contributed by atoms with E-state index in [4.69, 9.17) is 4.52 Å². The Labute approximate surface area is 140 Å². The maximum atomic E-state index is 11.9. The van der Waals surface area contributed by atoms with Gasteiger partial charge in [0.05, 0.1) is 10.5 Å². The van der Waals surface area contributed by atoms with Crippen molar-refractivity contribution in [3.63, 3.8) is 0 Å². The zero-order valence-corrected chi connectivity index (χ0v) is 13.1. The first-order valence-electron chi connectivity index (χ1n) is 6.30. The number of hydrogen-bond acceptors (Lipinski definition) is 8. The molecule has 0 radical (unpaired) electrons. The number of nitrogens with zero attached hydrogens (tertiary/aromatic N) is 3. The molecule has 0 saturated carbocycles. The number of halogens is 1. The van der Waals surface area contributed by atoms with Crippen LogP contribution in [0.3, 0.4) is 0 Å². The molecule has 3 N–H and O–H groups in total. The third-order valence-corrected chi connectivity index (χ3v) is 3.73. The fraction of sp³-hybridized carbons (Fsp3) is 0. The molecule has 2 heterocycles. The number of nitro benzene ring substituents is 1. The summed E-state index contributed by atoms with van der Waals surface area (Å²) in [4.78, 5) is 28.3. The van der Waals surface area contributed by atoms with E-state index < -0.39 is 27.7 Å². The summed E-state index contributed by atoms with van der Waals surface area (Å²) in [6.07, 6.45) is 1.43. The predicted molar refractivity (Wildman–Crippen MR) is 83.5 cm³/mol. The summed E-state index contributed by atoms with van der Waals surface area (Å²) >= 11 is 3.20. The number of hydrogen-bond donors (Lipinski definition) is 3. The summed E-state index contributed by atoms with van der Waals surface area (Å²) in [5.41, 5.74) is -1.05. The van der Waals surface area contributed by atoms with Gasteiger partial charge in [0.1, 0.15) is 5.56 Å². The second-order valence-electron chi connectivity index (χ2n) is 4.57. The molecule has 0 bridgehead atoms. The maximum absolute atomic E-state index is 11.9. The van der Waals surface area contributed by atoms with Gasteiger partial charge in [-0.2, -0.15) is 4.98 Å². The van der Waals surface area contributed by atoms with E-state index in [0.717, 1.165) is 12.1 Å². The summed E-state index contributed by atoms with van der Waals surface area (Å²) in [7, 11) is 0. The molecule has 3 aromatic rings. The lowest BCUT2D eigenvalue weighted by molar-refractivity contribution is -0.385. The first kappa shape index (κ1) is 15.7. The van der Waals surface area contributed by atoms with Crippen molar-refractivity contribution in [2.45, 2.75) is 0 Å². The zero-order valence-electron chi connectivity index (χ0n) is 11.6. The minimum absolute atomic E-state index is 0.0132. The summed E-state index contributed by atoms with van der Waals surface area (Å²) in [5.74, 6) is -1.80. The summed E-state index contributed by atoms with van der Waals surface area (Å²) < 4.78 is 5.42. The highest BCUT2D eigenvalue weighted by molar-refractivity contribution is 9.10. The molecule has 0 fully saturated rings. The topological polar surface area (TPSA) is 155 Å². The average molecular weight is 395 g/mol. The van der Waals surface area contributed by atoms with E-state index in [2.05, 4.69) is 31.1 Å². The summed E-state index contributed by atoms with van der Waals surface area (Å²) in [6, 6.07) is 3.57. The molecule has 11 heteroatoms. The Morgan fingerprint density at radius 3 is 2.75 bits per heavy atom. The molecule has 0 atom stereocenters. The van der Waals surface area contributed by atoms with Gasteiger partial charge in [0.15, 0.2) is 5.75 Å². The zero-order chi connectivity index (χ0) is 17.4. The quantitative estimate of drug-likeness (QED) is 0.346. The van der Waals surface area contributed by atoms with Crippen LogP contribution in [0.25, 0.3) is 22.8 Å². The number of pyridine rings is 1. The van der Waals surface area contributed by atoms with Crippen molar-refractivity contribution in [3.05, 3.63) is 49.3 Å².